The summed E-state index contributed by atoms with van der Waals surface area (Å²) in [4.78, 5) is 45.6. The number of carbonyl (C=O) groups excluding carboxylic acids is 4. The van der Waals surface area contributed by atoms with Crippen molar-refractivity contribution in [2.24, 2.45) is 0 Å². The number of carbonyl (C=O) groups is 4. The largest absolute Gasteiger partial charge is 0.516 e. The van der Waals surface area contributed by atoms with Gasteiger partial charge in [0.2, 0.25) is 0 Å². The molecule has 156 valence electrons. The maximum absolute atomic E-state index is 11.7. The topological polar surface area (TPSA) is 105 Å². The lowest BCUT2D eigenvalue weighted by Gasteiger charge is -2.14. The molecule has 27 heavy (non-hydrogen) atoms. The summed E-state index contributed by atoms with van der Waals surface area (Å²) < 4.78 is 18.8. The highest BCUT2D eigenvalue weighted by atomic mass is 32.2. The van der Waals surface area contributed by atoms with Crippen LogP contribution in [0.15, 0.2) is 0 Å². The molecular weight excluding hydrogens is 396 g/mol. The first kappa shape index (κ1) is 25.6. The van der Waals surface area contributed by atoms with Crippen LogP contribution in [-0.4, -0.2) is 53.6 Å². The molecule has 0 aromatic rings. The van der Waals surface area contributed by atoms with Crippen LogP contribution in [-0.2, 0) is 23.7 Å². The first-order valence-electron chi connectivity index (χ1n) is 8.93. The van der Waals surface area contributed by atoms with E-state index in [0.29, 0.717) is 44.6 Å². The molecule has 0 rings (SSSR count). The molecule has 8 nitrogen and oxygen atoms in total. The molecule has 0 aliphatic rings. The lowest BCUT2D eigenvalue weighted by atomic mass is 10.1. The Morgan fingerprint density at radius 3 is 2.07 bits per heavy atom. The number of esters is 1. The van der Waals surface area contributed by atoms with Gasteiger partial charge in [0.15, 0.2) is 0 Å². The summed E-state index contributed by atoms with van der Waals surface area (Å²) in [5.41, 5.74) is 0. The highest BCUT2D eigenvalue weighted by Gasteiger charge is 2.17. The molecule has 1 atom stereocenters. The molecule has 0 saturated carbocycles. The van der Waals surface area contributed by atoms with Gasteiger partial charge in [-0.15, -0.1) is 0 Å². The molecule has 0 bridgehead atoms. The van der Waals surface area contributed by atoms with Gasteiger partial charge < -0.3 is 18.9 Å². The lowest BCUT2D eigenvalue weighted by Crippen LogP contribution is -2.14. The Kier molecular flexibility index (Phi) is 15.9. The van der Waals surface area contributed by atoms with E-state index in [1.165, 1.54) is 0 Å². The molecule has 1 unspecified atom stereocenters. The monoisotopic (exact) mass is 424 g/mol. The minimum atomic E-state index is -0.991. The quantitative estimate of drug-likeness (QED) is 0.188. The van der Waals surface area contributed by atoms with Crippen molar-refractivity contribution >= 4 is 46.3 Å². The van der Waals surface area contributed by atoms with E-state index in [1.54, 1.807) is 20.8 Å². The predicted molar refractivity (Wildman–Crippen MR) is 104 cm³/mol. The van der Waals surface area contributed by atoms with Gasteiger partial charge in [-0.05, 0) is 63.6 Å². The molecular formula is C17H28O8S2. The number of rotatable bonds is 12. The van der Waals surface area contributed by atoms with Crippen LogP contribution in [0.5, 0.6) is 0 Å². The zero-order valence-electron chi connectivity index (χ0n) is 16.0. The standard InChI is InChI=1S/C17H28O8S2/c1-4-22-15(19)25-14(18)10-8-7-9-13(27-17(21)24-6-3)11-12-26-16(20)23-5-2/h13H,4-12H2,1-3H3. The Morgan fingerprint density at radius 2 is 1.44 bits per heavy atom. The summed E-state index contributed by atoms with van der Waals surface area (Å²) in [7, 11) is 0. The van der Waals surface area contributed by atoms with E-state index in [2.05, 4.69) is 9.47 Å². The summed E-state index contributed by atoms with van der Waals surface area (Å²) in [6, 6.07) is 0. The van der Waals surface area contributed by atoms with E-state index in [9.17, 15) is 19.2 Å². The molecule has 0 aliphatic heterocycles. The van der Waals surface area contributed by atoms with Gasteiger partial charge in [-0.2, -0.15) is 0 Å². The molecule has 0 heterocycles. The third kappa shape index (κ3) is 15.3. The highest BCUT2D eigenvalue weighted by molar-refractivity contribution is 8.14. The Labute approximate surface area is 168 Å². The Bertz CT molecular complexity index is 470. The van der Waals surface area contributed by atoms with Crippen LogP contribution in [0.3, 0.4) is 0 Å². The normalized spacial score (nSPS) is 11.4. The Balaban J connectivity index is 4.21. The molecule has 0 radical (unpaired) electrons. The van der Waals surface area contributed by atoms with Crippen LogP contribution in [0.4, 0.5) is 14.4 Å². The molecule has 0 aromatic heterocycles. The zero-order chi connectivity index (χ0) is 20.5. The van der Waals surface area contributed by atoms with E-state index in [4.69, 9.17) is 9.47 Å². The molecule has 0 saturated heterocycles. The van der Waals surface area contributed by atoms with E-state index in [1.807, 2.05) is 0 Å². The van der Waals surface area contributed by atoms with Crippen LogP contribution >= 0.6 is 23.5 Å². The number of ether oxygens (including phenoxy) is 4. The fraction of sp³-hybridized carbons (Fsp3) is 0.765. The first-order valence-corrected chi connectivity index (χ1v) is 10.8. The average Bonchev–Trinajstić information content (AvgIpc) is 2.59. The van der Waals surface area contributed by atoms with Gasteiger partial charge in [0.05, 0.1) is 19.8 Å². The Morgan fingerprint density at radius 1 is 0.815 bits per heavy atom. The summed E-state index contributed by atoms with van der Waals surface area (Å²) in [5.74, 6) is -0.109. The van der Waals surface area contributed by atoms with Crippen molar-refractivity contribution < 1.29 is 38.1 Å². The predicted octanol–water partition coefficient (Wildman–Crippen LogP) is 4.78. The lowest BCUT2D eigenvalue weighted by molar-refractivity contribution is -0.139. The number of hydrogen-bond acceptors (Lipinski definition) is 10. The molecule has 0 spiro atoms. The number of hydrogen-bond donors (Lipinski definition) is 0. The van der Waals surface area contributed by atoms with Crippen LogP contribution in [0, 0.1) is 0 Å². The summed E-state index contributed by atoms with van der Waals surface area (Å²) >= 11 is 2.17. The molecule has 0 aliphatic carbocycles. The molecule has 0 amide bonds. The van der Waals surface area contributed by atoms with Crippen molar-refractivity contribution in [3.05, 3.63) is 0 Å². The number of unbranched alkanes of at least 4 members (excludes halogenated alkanes) is 1. The maximum Gasteiger partial charge on any atom is 0.516 e. The van der Waals surface area contributed by atoms with Gasteiger partial charge in [-0.3, -0.25) is 4.79 Å². The molecule has 0 N–H and O–H groups in total. The average molecular weight is 425 g/mol. The van der Waals surface area contributed by atoms with Crippen molar-refractivity contribution in [3.8, 4) is 0 Å². The molecule has 0 aromatic carbocycles. The first-order chi connectivity index (χ1) is 12.9. The second-order valence-electron chi connectivity index (χ2n) is 5.15. The van der Waals surface area contributed by atoms with Crippen LogP contribution in [0.25, 0.3) is 0 Å². The van der Waals surface area contributed by atoms with Gasteiger partial charge in [0.1, 0.15) is 0 Å². The fourth-order valence-corrected chi connectivity index (χ4v) is 3.81. The number of thioether (sulfide) groups is 2. The van der Waals surface area contributed by atoms with Crippen molar-refractivity contribution in [3.63, 3.8) is 0 Å². The molecule has 0 fully saturated rings. The fourth-order valence-electron chi connectivity index (χ4n) is 1.92. The van der Waals surface area contributed by atoms with Gasteiger partial charge in [0, 0.05) is 17.4 Å². The highest BCUT2D eigenvalue weighted by Crippen LogP contribution is 2.25. The minimum Gasteiger partial charge on any atom is -0.458 e. The second-order valence-corrected chi connectivity index (χ2v) is 7.41. The Hall–Kier alpha value is -1.42. The SMILES string of the molecule is CCOC(=O)OC(=O)CCCCC(CCSC(=O)OCC)SC(=O)OCC. The van der Waals surface area contributed by atoms with Crippen LogP contribution in [0.1, 0.15) is 52.9 Å². The van der Waals surface area contributed by atoms with Gasteiger partial charge in [-0.25, -0.2) is 14.4 Å². The smallest absolute Gasteiger partial charge is 0.458 e. The third-order valence-corrected chi connectivity index (χ3v) is 4.97. The van der Waals surface area contributed by atoms with Crippen molar-refractivity contribution in [1.29, 1.82) is 0 Å². The van der Waals surface area contributed by atoms with E-state index in [0.717, 1.165) is 23.5 Å². The van der Waals surface area contributed by atoms with Crippen molar-refractivity contribution in [1.82, 2.24) is 0 Å². The zero-order valence-corrected chi connectivity index (χ0v) is 17.7. The molecule has 10 heteroatoms. The second kappa shape index (κ2) is 16.7. The van der Waals surface area contributed by atoms with Crippen molar-refractivity contribution in [2.45, 2.75) is 58.1 Å². The maximum atomic E-state index is 11.7. The van der Waals surface area contributed by atoms with E-state index >= 15 is 0 Å². The van der Waals surface area contributed by atoms with E-state index in [-0.39, 0.29) is 28.9 Å². The minimum absolute atomic E-state index is 0.0351. The van der Waals surface area contributed by atoms with E-state index < -0.39 is 12.1 Å². The van der Waals surface area contributed by atoms with Gasteiger partial charge in [0.25, 0.3) is 0 Å². The third-order valence-electron chi connectivity index (χ3n) is 3.06. The van der Waals surface area contributed by atoms with Gasteiger partial charge in [-0.1, -0.05) is 6.42 Å². The van der Waals surface area contributed by atoms with Crippen molar-refractivity contribution in [2.75, 3.05) is 25.6 Å². The summed E-state index contributed by atoms with van der Waals surface area (Å²) in [6.45, 7) is 5.87. The van der Waals surface area contributed by atoms with Crippen LogP contribution in [0.2, 0.25) is 0 Å². The van der Waals surface area contributed by atoms with Crippen LogP contribution < -0.4 is 0 Å². The summed E-state index contributed by atoms with van der Waals surface area (Å²) in [6.07, 6.45) is 1.57. The van der Waals surface area contributed by atoms with Gasteiger partial charge >= 0.3 is 22.7 Å². The summed E-state index contributed by atoms with van der Waals surface area (Å²) in [5, 5.41) is -0.725.